The molecule has 1 amide bonds. The molecule has 0 bridgehead atoms. The predicted molar refractivity (Wildman–Crippen MR) is 92.7 cm³/mol. The van der Waals surface area contributed by atoms with Gasteiger partial charge >= 0.3 is 0 Å². The Balaban J connectivity index is 1.61. The van der Waals surface area contributed by atoms with Crippen LogP contribution in [-0.4, -0.2) is 33.5 Å². The fourth-order valence-corrected chi connectivity index (χ4v) is 2.58. The number of nitrogens with zero attached hydrogens (tertiary/aromatic N) is 2. The molecule has 0 fully saturated rings. The molecule has 0 saturated heterocycles. The summed E-state index contributed by atoms with van der Waals surface area (Å²) in [4.78, 5) is 11.9. The summed E-state index contributed by atoms with van der Waals surface area (Å²) >= 11 is 6.82. The highest BCUT2D eigenvalue weighted by molar-refractivity contribution is 7.98. The first kappa shape index (κ1) is 16.4. The second-order valence-electron chi connectivity index (χ2n) is 4.34. The van der Waals surface area contributed by atoms with Crippen molar-refractivity contribution in [1.29, 1.82) is 0 Å². The van der Waals surface area contributed by atoms with E-state index in [9.17, 15) is 4.79 Å². The van der Waals surface area contributed by atoms with Crippen LogP contribution in [-0.2, 0) is 5.75 Å². The van der Waals surface area contributed by atoms with Gasteiger partial charge in [0.25, 0.3) is 5.91 Å². The van der Waals surface area contributed by atoms with Gasteiger partial charge in [-0.15, -0.1) is 0 Å². The number of aromatic nitrogens is 2. The fourth-order valence-electron chi connectivity index (χ4n) is 1.63. The van der Waals surface area contributed by atoms with Crippen LogP contribution in [0.2, 0.25) is 0 Å². The number of hydrogen-bond donors (Lipinski definition) is 2. The summed E-state index contributed by atoms with van der Waals surface area (Å²) < 4.78 is 0. The molecule has 1 aromatic carbocycles. The maximum atomic E-state index is 11.9. The lowest BCUT2D eigenvalue weighted by atomic mass is 10.2. The van der Waals surface area contributed by atoms with E-state index in [0.717, 1.165) is 17.2 Å². The van der Waals surface area contributed by atoms with Gasteiger partial charge < -0.3 is 5.32 Å². The van der Waals surface area contributed by atoms with Gasteiger partial charge in [-0.2, -0.15) is 22.0 Å². The first-order chi connectivity index (χ1) is 10.8. The zero-order valence-electron chi connectivity index (χ0n) is 11.9. The third kappa shape index (κ3) is 5.79. The minimum atomic E-state index is -0.203. The van der Waals surface area contributed by atoms with Gasteiger partial charge in [0.1, 0.15) is 0 Å². The van der Waals surface area contributed by atoms with Gasteiger partial charge in [0.15, 0.2) is 5.11 Å². The van der Waals surface area contributed by atoms with Crippen molar-refractivity contribution in [2.24, 2.45) is 0 Å². The SMILES string of the molecule is O=C(NC(=S)NCCSCc1cccnn1)c1ccccc1. The summed E-state index contributed by atoms with van der Waals surface area (Å²) in [7, 11) is 0. The maximum Gasteiger partial charge on any atom is 0.257 e. The van der Waals surface area contributed by atoms with Gasteiger partial charge in [-0.3, -0.25) is 10.1 Å². The molecule has 0 unspecified atom stereocenters. The highest BCUT2D eigenvalue weighted by atomic mass is 32.2. The van der Waals surface area contributed by atoms with Gasteiger partial charge in [-0.05, 0) is 36.5 Å². The number of nitrogens with one attached hydrogen (secondary N) is 2. The third-order valence-corrected chi connectivity index (χ3v) is 3.91. The van der Waals surface area contributed by atoms with E-state index in [1.807, 2.05) is 30.3 Å². The molecule has 22 heavy (non-hydrogen) atoms. The monoisotopic (exact) mass is 332 g/mol. The number of carbonyl (C=O) groups is 1. The lowest BCUT2D eigenvalue weighted by molar-refractivity contribution is 0.0976. The molecule has 1 heterocycles. The van der Waals surface area contributed by atoms with E-state index in [0.29, 0.717) is 17.2 Å². The zero-order chi connectivity index (χ0) is 15.6. The lowest BCUT2D eigenvalue weighted by Gasteiger charge is -2.09. The number of benzene rings is 1. The lowest BCUT2D eigenvalue weighted by Crippen LogP contribution is -2.40. The summed E-state index contributed by atoms with van der Waals surface area (Å²) in [5.41, 5.74) is 1.54. The van der Waals surface area contributed by atoms with Gasteiger partial charge in [-0.1, -0.05) is 18.2 Å². The first-order valence-electron chi connectivity index (χ1n) is 6.74. The van der Waals surface area contributed by atoms with E-state index >= 15 is 0 Å². The second kappa shape index (κ2) is 9.11. The minimum absolute atomic E-state index is 0.203. The fraction of sp³-hybridized carbons (Fsp3) is 0.200. The summed E-state index contributed by atoms with van der Waals surface area (Å²) in [6.45, 7) is 0.679. The molecule has 7 heteroatoms. The molecule has 5 nitrogen and oxygen atoms in total. The summed E-state index contributed by atoms with van der Waals surface area (Å²) in [6.07, 6.45) is 1.66. The van der Waals surface area contributed by atoms with Crippen LogP contribution < -0.4 is 10.6 Å². The van der Waals surface area contributed by atoms with Crippen molar-refractivity contribution in [3.05, 3.63) is 59.9 Å². The van der Waals surface area contributed by atoms with Crippen LogP contribution in [0.3, 0.4) is 0 Å². The topological polar surface area (TPSA) is 66.9 Å². The Labute approximate surface area is 138 Å². The summed E-state index contributed by atoms with van der Waals surface area (Å²) in [5, 5.41) is 13.8. The molecular weight excluding hydrogens is 316 g/mol. The van der Waals surface area contributed by atoms with Crippen molar-refractivity contribution in [3.63, 3.8) is 0 Å². The van der Waals surface area contributed by atoms with Gasteiger partial charge in [-0.25, -0.2) is 0 Å². The first-order valence-corrected chi connectivity index (χ1v) is 8.30. The van der Waals surface area contributed by atoms with Crippen molar-refractivity contribution in [1.82, 2.24) is 20.8 Å². The van der Waals surface area contributed by atoms with E-state index < -0.39 is 0 Å². The average Bonchev–Trinajstić information content (AvgIpc) is 2.56. The van der Waals surface area contributed by atoms with Crippen molar-refractivity contribution >= 4 is 35.0 Å². The Morgan fingerprint density at radius 2 is 2.00 bits per heavy atom. The average molecular weight is 332 g/mol. The standard InChI is InChI=1S/C15H16N4OS2/c20-14(12-5-2-1-3-6-12)18-15(21)16-9-10-22-11-13-7-4-8-17-19-13/h1-8H,9-11H2,(H2,16,18,20,21). The Morgan fingerprint density at radius 1 is 1.18 bits per heavy atom. The Morgan fingerprint density at radius 3 is 2.73 bits per heavy atom. The molecule has 0 aliphatic rings. The quantitative estimate of drug-likeness (QED) is 0.623. The minimum Gasteiger partial charge on any atom is -0.362 e. The second-order valence-corrected chi connectivity index (χ2v) is 5.86. The van der Waals surface area contributed by atoms with Crippen LogP contribution in [0.5, 0.6) is 0 Å². The number of carbonyl (C=O) groups excluding carboxylic acids is 1. The van der Waals surface area contributed by atoms with E-state index in [1.54, 1.807) is 30.1 Å². The van der Waals surface area contributed by atoms with Crippen LogP contribution in [0.15, 0.2) is 48.7 Å². The van der Waals surface area contributed by atoms with E-state index in [4.69, 9.17) is 12.2 Å². The molecule has 0 aliphatic heterocycles. The number of hydrogen-bond acceptors (Lipinski definition) is 5. The van der Waals surface area contributed by atoms with Crippen LogP contribution in [0.25, 0.3) is 0 Å². The summed E-state index contributed by atoms with van der Waals surface area (Å²) in [6, 6.07) is 12.8. The molecule has 2 aromatic rings. The molecule has 114 valence electrons. The molecule has 2 rings (SSSR count). The van der Waals surface area contributed by atoms with Gasteiger partial charge in [0.2, 0.25) is 0 Å². The smallest absolute Gasteiger partial charge is 0.257 e. The Bertz CT molecular complexity index is 607. The van der Waals surface area contributed by atoms with Crippen molar-refractivity contribution in [3.8, 4) is 0 Å². The number of thiocarbonyl (C=S) groups is 1. The largest absolute Gasteiger partial charge is 0.362 e. The molecule has 2 N–H and O–H groups in total. The molecule has 0 saturated carbocycles. The van der Waals surface area contributed by atoms with Crippen LogP contribution >= 0.6 is 24.0 Å². The molecule has 0 aliphatic carbocycles. The third-order valence-electron chi connectivity index (χ3n) is 2.67. The van der Waals surface area contributed by atoms with Crippen LogP contribution in [0.1, 0.15) is 16.1 Å². The van der Waals surface area contributed by atoms with E-state index in [2.05, 4.69) is 20.8 Å². The van der Waals surface area contributed by atoms with Crippen molar-refractivity contribution in [2.75, 3.05) is 12.3 Å². The van der Waals surface area contributed by atoms with E-state index in [1.165, 1.54) is 0 Å². The predicted octanol–water partition coefficient (Wildman–Crippen LogP) is 2.01. The molecule has 0 radical (unpaired) electrons. The zero-order valence-corrected chi connectivity index (χ0v) is 13.5. The summed E-state index contributed by atoms with van der Waals surface area (Å²) in [5.74, 6) is 1.46. The molecule has 0 spiro atoms. The number of amides is 1. The Hall–Kier alpha value is -1.99. The molecular formula is C15H16N4OS2. The maximum absolute atomic E-state index is 11.9. The van der Waals surface area contributed by atoms with Gasteiger partial charge in [0.05, 0.1) is 5.69 Å². The van der Waals surface area contributed by atoms with Crippen molar-refractivity contribution in [2.45, 2.75) is 5.75 Å². The van der Waals surface area contributed by atoms with Crippen LogP contribution in [0, 0.1) is 0 Å². The highest BCUT2D eigenvalue weighted by Crippen LogP contribution is 2.07. The van der Waals surface area contributed by atoms with Crippen molar-refractivity contribution < 1.29 is 4.79 Å². The molecule has 1 aromatic heterocycles. The van der Waals surface area contributed by atoms with E-state index in [-0.39, 0.29) is 5.91 Å². The normalized spacial score (nSPS) is 10.0. The molecule has 0 atom stereocenters. The number of thioether (sulfide) groups is 1. The Kier molecular flexibility index (Phi) is 6.79. The van der Waals surface area contributed by atoms with Gasteiger partial charge in [0, 0.05) is 29.8 Å². The van der Waals surface area contributed by atoms with Crippen LogP contribution in [0.4, 0.5) is 0 Å². The highest BCUT2D eigenvalue weighted by Gasteiger charge is 2.06. The number of rotatable bonds is 6.